The van der Waals surface area contributed by atoms with Gasteiger partial charge in [-0.25, -0.2) is 0 Å². The van der Waals surface area contributed by atoms with Crippen molar-refractivity contribution in [2.75, 3.05) is 13.2 Å². The molecule has 0 aromatic carbocycles. The van der Waals surface area contributed by atoms with E-state index >= 15 is 0 Å². The molecule has 2 unspecified atom stereocenters. The van der Waals surface area contributed by atoms with Crippen LogP contribution in [0.25, 0.3) is 0 Å². The fourth-order valence-electron chi connectivity index (χ4n) is 13.3. The van der Waals surface area contributed by atoms with E-state index in [2.05, 4.69) is 31.3 Å². The van der Waals surface area contributed by atoms with E-state index in [9.17, 15) is 19.8 Å². The lowest BCUT2D eigenvalue weighted by molar-refractivity contribution is -0.143. The Morgan fingerprint density at radius 1 is 0.307 bits per heavy atom. The molecule has 1 amide bonds. The quantitative estimate of drug-likeness (QED) is 0.0320. The van der Waals surface area contributed by atoms with Gasteiger partial charge < -0.3 is 20.3 Å². The summed E-state index contributed by atoms with van der Waals surface area (Å²) in [5, 5.41) is 23.5. The number of carbonyl (C=O) groups is 2. The van der Waals surface area contributed by atoms with E-state index in [4.69, 9.17) is 4.74 Å². The number of hydrogen-bond donors (Lipinski definition) is 3. The number of nitrogens with one attached hydrogen (secondary N) is 1. The second-order valence-electron chi connectivity index (χ2n) is 28.5. The Hall–Kier alpha value is -1.40. The van der Waals surface area contributed by atoms with Crippen molar-refractivity contribution in [3.63, 3.8) is 0 Å². The molecule has 0 aliphatic heterocycles. The fourth-order valence-corrected chi connectivity index (χ4v) is 13.3. The van der Waals surface area contributed by atoms with Gasteiger partial charge in [0, 0.05) is 12.8 Å². The molecule has 0 aromatic heterocycles. The van der Waals surface area contributed by atoms with Gasteiger partial charge >= 0.3 is 5.97 Å². The summed E-state index contributed by atoms with van der Waals surface area (Å²) in [7, 11) is 0. The number of amides is 1. The van der Waals surface area contributed by atoms with Crippen molar-refractivity contribution in [1.82, 2.24) is 5.32 Å². The van der Waals surface area contributed by atoms with Crippen LogP contribution in [-0.4, -0.2) is 47.4 Å². The average Bonchev–Trinajstić information content (AvgIpc) is 3.55. The van der Waals surface area contributed by atoms with E-state index in [1.54, 1.807) is 0 Å². The van der Waals surface area contributed by atoms with Gasteiger partial charge in [-0.1, -0.05) is 424 Å². The van der Waals surface area contributed by atoms with Crippen LogP contribution >= 0.6 is 0 Å². The molecule has 0 radical (unpaired) electrons. The van der Waals surface area contributed by atoms with E-state index < -0.39 is 12.1 Å². The molecule has 0 fully saturated rings. The molecule has 2 atom stereocenters. The summed E-state index contributed by atoms with van der Waals surface area (Å²) in [6.07, 6.45) is 99.0. The number of hydrogen-bond acceptors (Lipinski definition) is 5. The topological polar surface area (TPSA) is 95.9 Å². The Labute approximate surface area is 552 Å². The standard InChI is InChI=1S/C82H161NO5/c1-3-5-7-9-11-13-15-16-17-18-19-39-42-45-48-51-55-58-62-66-70-74-80(85)79(78-84)83-81(86)75-71-67-63-59-56-52-49-46-43-40-37-35-33-31-29-27-25-23-21-20-22-24-26-28-30-32-34-36-38-41-44-47-50-53-57-61-65-69-73-77-88-82(87)76-72-68-64-60-54-14-12-10-8-6-4-2/h20-21,79-80,84-85H,3-19,22-78H2,1-2H3,(H,83,86)/b21-20-. The van der Waals surface area contributed by atoms with Gasteiger partial charge in [0.25, 0.3) is 0 Å². The molecular formula is C82H161NO5. The van der Waals surface area contributed by atoms with Crippen molar-refractivity contribution in [3.8, 4) is 0 Å². The first-order valence-electron chi connectivity index (χ1n) is 40.9. The van der Waals surface area contributed by atoms with Crippen molar-refractivity contribution in [1.29, 1.82) is 0 Å². The fraction of sp³-hybridized carbons (Fsp3) is 0.951. The minimum absolute atomic E-state index is 0.0232. The maximum Gasteiger partial charge on any atom is 0.305 e. The summed E-state index contributed by atoms with van der Waals surface area (Å²) < 4.78 is 5.48. The summed E-state index contributed by atoms with van der Waals surface area (Å²) >= 11 is 0. The number of allylic oxidation sites excluding steroid dienone is 2. The van der Waals surface area contributed by atoms with Gasteiger partial charge in [0.2, 0.25) is 5.91 Å². The van der Waals surface area contributed by atoms with E-state index in [1.165, 1.54) is 405 Å². The van der Waals surface area contributed by atoms with Gasteiger partial charge in [-0.15, -0.1) is 0 Å². The van der Waals surface area contributed by atoms with Crippen LogP contribution in [0.3, 0.4) is 0 Å². The summed E-state index contributed by atoms with van der Waals surface area (Å²) in [5.41, 5.74) is 0. The van der Waals surface area contributed by atoms with Crippen LogP contribution in [0.1, 0.15) is 476 Å². The van der Waals surface area contributed by atoms with E-state index in [0.29, 0.717) is 25.9 Å². The summed E-state index contributed by atoms with van der Waals surface area (Å²) in [6, 6.07) is -0.538. The van der Waals surface area contributed by atoms with Gasteiger partial charge in [0.1, 0.15) is 0 Å². The molecule has 0 heterocycles. The minimum atomic E-state index is -0.662. The Kier molecular flexibility index (Phi) is 76.8. The van der Waals surface area contributed by atoms with Crippen molar-refractivity contribution >= 4 is 11.9 Å². The molecular weight excluding hydrogens is 1080 g/mol. The second kappa shape index (κ2) is 78.0. The van der Waals surface area contributed by atoms with Crippen molar-refractivity contribution in [3.05, 3.63) is 12.2 Å². The summed E-state index contributed by atoms with van der Waals surface area (Å²) in [5.74, 6) is -0.00152. The third kappa shape index (κ3) is 73.6. The SMILES string of the molecule is CCCCCCCCCCCCCCCCCCCCCCCC(O)C(CO)NC(=O)CCCCCCCCCCCCCCCCCCC/C=C\CCCCCCCCCCCCCCCCCCCCOC(=O)CCCCCCCCCCCCC. The van der Waals surface area contributed by atoms with Crippen molar-refractivity contribution in [2.45, 2.75) is 488 Å². The molecule has 88 heavy (non-hydrogen) atoms. The molecule has 3 N–H and O–H groups in total. The Balaban J connectivity index is 3.32. The number of carbonyl (C=O) groups excluding carboxylic acids is 2. The largest absolute Gasteiger partial charge is 0.466 e. The highest BCUT2D eigenvalue weighted by atomic mass is 16.5. The molecule has 0 aromatic rings. The Bertz CT molecular complexity index is 1340. The summed E-state index contributed by atoms with van der Waals surface area (Å²) in [4.78, 5) is 24.6. The van der Waals surface area contributed by atoms with Crippen molar-refractivity contribution < 1.29 is 24.5 Å². The molecule has 0 bridgehead atoms. The lowest BCUT2D eigenvalue weighted by Crippen LogP contribution is -2.45. The molecule has 0 aliphatic carbocycles. The monoisotopic (exact) mass is 1240 g/mol. The zero-order valence-corrected chi connectivity index (χ0v) is 60.3. The highest BCUT2D eigenvalue weighted by molar-refractivity contribution is 5.76. The van der Waals surface area contributed by atoms with E-state index in [1.807, 2.05) is 0 Å². The molecule has 0 saturated carbocycles. The Morgan fingerprint density at radius 2 is 0.534 bits per heavy atom. The van der Waals surface area contributed by atoms with Crippen LogP contribution in [-0.2, 0) is 14.3 Å². The zero-order chi connectivity index (χ0) is 63.5. The van der Waals surface area contributed by atoms with Gasteiger partial charge in [-0.05, 0) is 51.4 Å². The second-order valence-corrected chi connectivity index (χ2v) is 28.5. The number of rotatable bonds is 78. The van der Waals surface area contributed by atoms with Crippen molar-refractivity contribution in [2.24, 2.45) is 0 Å². The maximum absolute atomic E-state index is 12.6. The van der Waals surface area contributed by atoms with E-state index in [-0.39, 0.29) is 18.5 Å². The predicted octanol–water partition coefficient (Wildman–Crippen LogP) is 27.1. The third-order valence-corrected chi connectivity index (χ3v) is 19.6. The van der Waals surface area contributed by atoms with Crippen LogP contribution in [0.2, 0.25) is 0 Å². The number of esters is 1. The lowest BCUT2D eigenvalue weighted by Gasteiger charge is -2.22. The van der Waals surface area contributed by atoms with Gasteiger partial charge in [0.05, 0.1) is 25.4 Å². The average molecular weight is 1240 g/mol. The smallest absolute Gasteiger partial charge is 0.305 e. The van der Waals surface area contributed by atoms with Crippen LogP contribution in [0.5, 0.6) is 0 Å². The number of aliphatic hydroxyl groups excluding tert-OH is 2. The first-order valence-corrected chi connectivity index (χ1v) is 40.9. The molecule has 0 rings (SSSR count). The maximum atomic E-state index is 12.6. The van der Waals surface area contributed by atoms with Gasteiger partial charge in [-0.3, -0.25) is 9.59 Å². The van der Waals surface area contributed by atoms with Crippen LogP contribution in [0.4, 0.5) is 0 Å². The molecule has 6 nitrogen and oxygen atoms in total. The molecule has 0 saturated heterocycles. The summed E-state index contributed by atoms with van der Waals surface area (Å²) in [6.45, 7) is 5.01. The van der Waals surface area contributed by atoms with E-state index in [0.717, 1.165) is 38.5 Å². The predicted molar refractivity (Wildman–Crippen MR) is 389 cm³/mol. The van der Waals surface area contributed by atoms with Crippen LogP contribution in [0, 0.1) is 0 Å². The van der Waals surface area contributed by atoms with Crippen LogP contribution < -0.4 is 5.32 Å². The van der Waals surface area contributed by atoms with Gasteiger partial charge in [-0.2, -0.15) is 0 Å². The third-order valence-electron chi connectivity index (χ3n) is 19.6. The Morgan fingerprint density at radius 3 is 0.807 bits per heavy atom. The lowest BCUT2D eigenvalue weighted by atomic mass is 10.0. The minimum Gasteiger partial charge on any atom is -0.466 e. The van der Waals surface area contributed by atoms with Crippen LogP contribution in [0.15, 0.2) is 12.2 Å². The first-order chi connectivity index (χ1) is 43.5. The molecule has 6 heteroatoms. The number of aliphatic hydroxyl groups is 2. The normalized spacial score (nSPS) is 12.5. The number of unbranched alkanes of at least 4 members (excludes halogenated alkanes) is 65. The first kappa shape index (κ1) is 86.6. The zero-order valence-electron chi connectivity index (χ0n) is 60.3. The highest BCUT2D eigenvalue weighted by Crippen LogP contribution is 2.21. The molecule has 524 valence electrons. The molecule has 0 spiro atoms. The molecule has 0 aliphatic rings. The highest BCUT2D eigenvalue weighted by Gasteiger charge is 2.20. The number of ether oxygens (including phenoxy) is 1. The van der Waals surface area contributed by atoms with Gasteiger partial charge in [0.15, 0.2) is 0 Å².